The number of aryl methyl sites for hydroxylation is 1. The van der Waals surface area contributed by atoms with Gasteiger partial charge in [0.15, 0.2) is 0 Å². The Balaban J connectivity index is 2.37. The Labute approximate surface area is 121 Å². The van der Waals surface area contributed by atoms with Crippen LogP contribution in [0, 0.1) is 12.7 Å². The molecule has 0 aliphatic heterocycles. The Kier molecular flexibility index (Phi) is 3.95. The number of anilines is 2. The Hall–Kier alpha value is -2.07. The van der Waals surface area contributed by atoms with E-state index in [1.807, 2.05) is 0 Å². The van der Waals surface area contributed by atoms with Gasteiger partial charge in [0.1, 0.15) is 5.82 Å². The summed E-state index contributed by atoms with van der Waals surface area (Å²) >= 11 is 5.90. The molecule has 0 bridgehead atoms. The van der Waals surface area contributed by atoms with Crippen molar-refractivity contribution in [1.29, 1.82) is 0 Å². The summed E-state index contributed by atoms with van der Waals surface area (Å²) in [4.78, 5) is 13.7. The van der Waals surface area contributed by atoms with Crippen LogP contribution in [0.15, 0.2) is 36.4 Å². The highest BCUT2D eigenvalue weighted by Gasteiger charge is 2.17. The summed E-state index contributed by atoms with van der Waals surface area (Å²) in [6.07, 6.45) is 0. The molecule has 0 aliphatic carbocycles. The largest absolute Gasteiger partial charge is 0.397 e. The molecule has 0 heterocycles. The second-order valence-electron chi connectivity index (χ2n) is 4.53. The van der Waals surface area contributed by atoms with E-state index in [4.69, 9.17) is 17.3 Å². The molecule has 0 aliphatic rings. The van der Waals surface area contributed by atoms with Gasteiger partial charge in [-0.25, -0.2) is 4.39 Å². The molecular weight excluding hydrogens is 279 g/mol. The van der Waals surface area contributed by atoms with E-state index in [-0.39, 0.29) is 11.5 Å². The molecule has 0 unspecified atom stereocenters. The van der Waals surface area contributed by atoms with E-state index in [1.165, 1.54) is 11.0 Å². The van der Waals surface area contributed by atoms with Gasteiger partial charge in [0.25, 0.3) is 5.91 Å². The first kappa shape index (κ1) is 14.3. The van der Waals surface area contributed by atoms with Crippen molar-refractivity contribution in [2.75, 3.05) is 17.7 Å². The lowest BCUT2D eigenvalue weighted by molar-refractivity contribution is 0.0992. The van der Waals surface area contributed by atoms with Crippen LogP contribution in [0.2, 0.25) is 5.02 Å². The number of amides is 1. The monoisotopic (exact) mass is 292 g/mol. The normalized spacial score (nSPS) is 10.4. The van der Waals surface area contributed by atoms with E-state index in [2.05, 4.69) is 0 Å². The maximum absolute atomic E-state index is 13.5. The molecule has 2 N–H and O–H groups in total. The lowest BCUT2D eigenvalue weighted by atomic mass is 10.1. The third-order valence-electron chi connectivity index (χ3n) is 3.08. The van der Waals surface area contributed by atoms with Gasteiger partial charge in [-0.05, 0) is 42.8 Å². The van der Waals surface area contributed by atoms with E-state index in [0.717, 1.165) is 0 Å². The van der Waals surface area contributed by atoms with E-state index in [1.54, 1.807) is 44.3 Å². The van der Waals surface area contributed by atoms with Gasteiger partial charge in [-0.3, -0.25) is 4.79 Å². The second-order valence-corrected chi connectivity index (χ2v) is 4.97. The van der Waals surface area contributed by atoms with Crippen LogP contribution >= 0.6 is 11.6 Å². The van der Waals surface area contributed by atoms with Gasteiger partial charge < -0.3 is 10.6 Å². The standard InChI is InChI=1S/C15H14ClFN2O/c1-9-3-4-10(7-12(9)17)15(20)19(2)14-8-11(16)5-6-13(14)18/h3-8H,18H2,1-2H3. The van der Waals surface area contributed by atoms with Crippen molar-refractivity contribution in [2.24, 2.45) is 0 Å². The smallest absolute Gasteiger partial charge is 0.258 e. The van der Waals surface area contributed by atoms with Crippen LogP contribution in [0.1, 0.15) is 15.9 Å². The highest BCUT2D eigenvalue weighted by molar-refractivity contribution is 6.31. The molecule has 0 saturated heterocycles. The summed E-state index contributed by atoms with van der Waals surface area (Å²) in [5.74, 6) is -0.763. The Bertz CT molecular complexity index is 673. The fraction of sp³-hybridized carbons (Fsp3) is 0.133. The van der Waals surface area contributed by atoms with Gasteiger partial charge in [0.05, 0.1) is 11.4 Å². The van der Waals surface area contributed by atoms with Gasteiger partial charge in [-0.2, -0.15) is 0 Å². The summed E-state index contributed by atoms with van der Waals surface area (Å²) in [5, 5.41) is 0.476. The molecule has 0 fully saturated rings. The molecule has 5 heteroatoms. The van der Waals surface area contributed by atoms with Crippen molar-refractivity contribution in [1.82, 2.24) is 0 Å². The molecule has 2 aromatic carbocycles. The molecule has 2 aromatic rings. The van der Waals surface area contributed by atoms with Crippen molar-refractivity contribution in [3.05, 3.63) is 58.4 Å². The van der Waals surface area contributed by atoms with Crippen LogP contribution in [-0.4, -0.2) is 13.0 Å². The molecule has 104 valence electrons. The van der Waals surface area contributed by atoms with Gasteiger partial charge in [0.2, 0.25) is 0 Å². The molecule has 3 nitrogen and oxygen atoms in total. The van der Waals surface area contributed by atoms with E-state index >= 15 is 0 Å². The molecule has 0 aromatic heterocycles. The minimum atomic E-state index is -0.414. The molecule has 20 heavy (non-hydrogen) atoms. The van der Waals surface area contributed by atoms with Crippen LogP contribution in [0.3, 0.4) is 0 Å². The van der Waals surface area contributed by atoms with Gasteiger partial charge in [0, 0.05) is 17.6 Å². The molecule has 0 saturated carbocycles. The fourth-order valence-corrected chi connectivity index (χ4v) is 2.00. The number of hydrogen-bond acceptors (Lipinski definition) is 2. The number of halogens is 2. The second kappa shape index (κ2) is 5.51. The molecule has 2 rings (SSSR count). The number of hydrogen-bond donors (Lipinski definition) is 1. The third kappa shape index (κ3) is 2.75. The maximum Gasteiger partial charge on any atom is 0.258 e. The Morgan fingerprint density at radius 2 is 1.95 bits per heavy atom. The van der Waals surface area contributed by atoms with Crippen LogP contribution < -0.4 is 10.6 Å². The van der Waals surface area contributed by atoms with Gasteiger partial charge in [-0.15, -0.1) is 0 Å². The molecule has 0 atom stereocenters. The van der Waals surface area contributed by atoms with E-state index in [9.17, 15) is 9.18 Å². The Morgan fingerprint density at radius 1 is 1.25 bits per heavy atom. The fourth-order valence-electron chi connectivity index (χ4n) is 1.84. The number of nitrogen functional groups attached to an aromatic ring is 1. The van der Waals surface area contributed by atoms with Crippen molar-refractivity contribution in [3.8, 4) is 0 Å². The Morgan fingerprint density at radius 3 is 2.60 bits per heavy atom. The number of benzene rings is 2. The summed E-state index contributed by atoms with van der Waals surface area (Å²) < 4.78 is 13.5. The molecule has 0 spiro atoms. The van der Waals surface area contributed by atoms with E-state index < -0.39 is 5.82 Å². The highest BCUT2D eigenvalue weighted by Crippen LogP contribution is 2.27. The number of carbonyl (C=O) groups excluding carboxylic acids is 1. The zero-order chi connectivity index (χ0) is 14.9. The maximum atomic E-state index is 13.5. The van der Waals surface area contributed by atoms with Crippen LogP contribution in [-0.2, 0) is 0 Å². The average Bonchev–Trinajstić information content (AvgIpc) is 2.43. The molecular formula is C15H14ClFN2O. The van der Waals surface area contributed by atoms with Crippen LogP contribution in [0.25, 0.3) is 0 Å². The van der Waals surface area contributed by atoms with Crippen LogP contribution in [0.5, 0.6) is 0 Å². The lowest BCUT2D eigenvalue weighted by Crippen LogP contribution is -2.27. The summed E-state index contributed by atoms with van der Waals surface area (Å²) in [6.45, 7) is 1.64. The van der Waals surface area contributed by atoms with Crippen molar-refractivity contribution >= 4 is 28.9 Å². The minimum Gasteiger partial charge on any atom is -0.397 e. The first-order chi connectivity index (χ1) is 9.40. The first-order valence-corrected chi connectivity index (χ1v) is 6.37. The third-order valence-corrected chi connectivity index (χ3v) is 3.31. The molecule has 0 radical (unpaired) electrons. The number of rotatable bonds is 2. The SMILES string of the molecule is Cc1ccc(C(=O)N(C)c2cc(Cl)ccc2N)cc1F. The number of carbonyl (C=O) groups is 1. The average molecular weight is 293 g/mol. The predicted octanol–water partition coefficient (Wildman–Crippen LogP) is 3.65. The van der Waals surface area contributed by atoms with Crippen molar-refractivity contribution in [3.63, 3.8) is 0 Å². The summed E-state index contributed by atoms with van der Waals surface area (Å²) in [5.41, 5.74) is 7.50. The quantitative estimate of drug-likeness (QED) is 0.859. The summed E-state index contributed by atoms with van der Waals surface area (Å²) in [6, 6.07) is 9.23. The molecule has 1 amide bonds. The lowest BCUT2D eigenvalue weighted by Gasteiger charge is -2.19. The number of nitrogens with two attached hydrogens (primary N) is 1. The van der Waals surface area contributed by atoms with Gasteiger partial charge >= 0.3 is 0 Å². The predicted molar refractivity (Wildman–Crippen MR) is 79.7 cm³/mol. The van der Waals surface area contributed by atoms with Crippen LogP contribution in [0.4, 0.5) is 15.8 Å². The summed E-state index contributed by atoms with van der Waals surface area (Å²) in [7, 11) is 1.57. The highest BCUT2D eigenvalue weighted by atomic mass is 35.5. The van der Waals surface area contributed by atoms with Gasteiger partial charge in [-0.1, -0.05) is 17.7 Å². The minimum absolute atomic E-state index is 0.259. The topological polar surface area (TPSA) is 46.3 Å². The van der Waals surface area contributed by atoms with Crippen molar-refractivity contribution < 1.29 is 9.18 Å². The van der Waals surface area contributed by atoms with E-state index in [0.29, 0.717) is 22.0 Å². The zero-order valence-electron chi connectivity index (χ0n) is 11.2. The first-order valence-electron chi connectivity index (χ1n) is 5.99. The number of nitrogens with zero attached hydrogens (tertiary/aromatic N) is 1. The zero-order valence-corrected chi connectivity index (χ0v) is 11.9. The van der Waals surface area contributed by atoms with Crippen molar-refractivity contribution in [2.45, 2.75) is 6.92 Å².